The highest BCUT2D eigenvalue weighted by molar-refractivity contribution is 5.37. The molecule has 0 aromatic heterocycles. The summed E-state index contributed by atoms with van der Waals surface area (Å²) in [4.78, 5) is 0. The number of methoxy groups -OCH3 is 1. The fourth-order valence-electron chi connectivity index (χ4n) is 1.18. The Hall–Kier alpha value is -1.09. The van der Waals surface area contributed by atoms with Crippen LogP contribution in [0.1, 0.15) is 11.7 Å². The maximum Gasteiger partial charge on any atom is 0.127 e. The van der Waals surface area contributed by atoms with Crippen LogP contribution >= 0.6 is 0 Å². The van der Waals surface area contributed by atoms with Gasteiger partial charge in [0.05, 0.1) is 13.7 Å². The van der Waals surface area contributed by atoms with Crippen LogP contribution in [0.3, 0.4) is 0 Å². The van der Waals surface area contributed by atoms with Gasteiger partial charge in [-0.25, -0.2) is 4.39 Å². The molecule has 0 bridgehead atoms. The van der Waals surface area contributed by atoms with Crippen molar-refractivity contribution in [3.63, 3.8) is 0 Å². The summed E-state index contributed by atoms with van der Waals surface area (Å²) in [5, 5.41) is 0. The van der Waals surface area contributed by atoms with E-state index in [2.05, 4.69) is 0 Å². The Labute approximate surface area is 69.9 Å². The first kappa shape index (κ1) is 7.55. The lowest BCUT2D eigenvalue weighted by Gasteiger charge is -2.04. The van der Waals surface area contributed by atoms with E-state index in [0.717, 1.165) is 5.56 Å². The van der Waals surface area contributed by atoms with Crippen LogP contribution in [-0.4, -0.2) is 13.7 Å². The van der Waals surface area contributed by atoms with Gasteiger partial charge in [0.25, 0.3) is 0 Å². The molecule has 12 heavy (non-hydrogen) atoms. The van der Waals surface area contributed by atoms with Gasteiger partial charge < -0.3 is 9.47 Å². The minimum atomic E-state index is -0.281. The molecule has 1 atom stereocenters. The highest BCUT2D eigenvalue weighted by Crippen LogP contribution is 2.36. The number of hydrogen-bond acceptors (Lipinski definition) is 2. The molecule has 1 saturated heterocycles. The lowest BCUT2D eigenvalue weighted by Crippen LogP contribution is -1.91. The van der Waals surface area contributed by atoms with Gasteiger partial charge in [-0.2, -0.15) is 0 Å². The van der Waals surface area contributed by atoms with Crippen LogP contribution in [0.15, 0.2) is 18.2 Å². The fourth-order valence-corrected chi connectivity index (χ4v) is 1.18. The smallest absolute Gasteiger partial charge is 0.127 e. The molecule has 0 saturated carbocycles. The van der Waals surface area contributed by atoms with Gasteiger partial charge in [-0.05, 0) is 12.1 Å². The van der Waals surface area contributed by atoms with E-state index >= 15 is 0 Å². The number of benzene rings is 1. The highest BCUT2D eigenvalue weighted by Gasteiger charge is 2.27. The number of rotatable bonds is 2. The minimum Gasteiger partial charge on any atom is -0.496 e. The zero-order chi connectivity index (χ0) is 8.55. The van der Waals surface area contributed by atoms with Crippen LogP contribution < -0.4 is 4.74 Å². The summed E-state index contributed by atoms with van der Waals surface area (Å²) >= 11 is 0. The molecule has 1 fully saturated rings. The Bertz CT molecular complexity index is 295. The highest BCUT2D eigenvalue weighted by atomic mass is 19.1. The maximum absolute atomic E-state index is 12.7. The van der Waals surface area contributed by atoms with Gasteiger partial charge in [-0.3, -0.25) is 0 Å². The second-order valence-corrected chi connectivity index (χ2v) is 2.71. The van der Waals surface area contributed by atoms with Crippen LogP contribution in [-0.2, 0) is 4.74 Å². The number of ether oxygens (including phenoxy) is 2. The maximum atomic E-state index is 12.7. The summed E-state index contributed by atoms with van der Waals surface area (Å²) < 4.78 is 22.8. The van der Waals surface area contributed by atoms with E-state index in [0.29, 0.717) is 12.4 Å². The van der Waals surface area contributed by atoms with E-state index in [1.54, 1.807) is 6.07 Å². The Morgan fingerprint density at radius 3 is 2.92 bits per heavy atom. The first-order valence-corrected chi connectivity index (χ1v) is 3.76. The van der Waals surface area contributed by atoms with Crippen LogP contribution in [0.25, 0.3) is 0 Å². The molecule has 1 aromatic rings. The second-order valence-electron chi connectivity index (χ2n) is 2.71. The van der Waals surface area contributed by atoms with E-state index in [1.165, 1.54) is 19.2 Å². The van der Waals surface area contributed by atoms with Crippen molar-refractivity contribution in [1.29, 1.82) is 0 Å². The normalized spacial score (nSPS) is 20.7. The number of epoxide rings is 1. The molecule has 1 heterocycles. The third-order valence-electron chi connectivity index (χ3n) is 1.88. The van der Waals surface area contributed by atoms with E-state index in [4.69, 9.17) is 9.47 Å². The van der Waals surface area contributed by atoms with Gasteiger partial charge in [-0.15, -0.1) is 0 Å². The molecular formula is C9H9FO2. The molecule has 1 aliphatic heterocycles. The van der Waals surface area contributed by atoms with E-state index in [1.807, 2.05) is 0 Å². The van der Waals surface area contributed by atoms with Gasteiger partial charge in [0, 0.05) is 11.6 Å². The quantitative estimate of drug-likeness (QED) is 0.629. The van der Waals surface area contributed by atoms with Crippen LogP contribution in [0.2, 0.25) is 0 Å². The average molecular weight is 168 g/mol. The molecule has 1 unspecified atom stereocenters. The van der Waals surface area contributed by atoms with Gasteiger partial charge >= 0.3 is 0 Å². The Morgan fingerprint density at radius 2 is 2.33 bits per heavy atom. The van der Waals surface area contributed by atoms with Crippen LogP contribution in [0.4, 0.5) is 4.39 Å². The van der Waals surface area contributed by atoms with Crippen molar-refractivity contribution in [2.45, 2.75) is 6.10 Å². The molecule has 0 N–H and O–H groups in total. The van der Waals surface area contributed by atoms with Crippen LogP contribution in [0, 0.1) is 5.82 Å². The second kappa shape index (κ2) is 2.75. The molecule has 0 radical (unpaired) electrons. The molecule has 0 aliphatic carbocycles. The van der Waals surface area contributed by atoms with Crippen molar-refractivity contribution < 1.29 is 13.9 Å². The summed E-state index contributed by atoms with van der Waals surface area (Å²) in [6.07, 6.45) is 0.112. The molecule has 2 rings (SSSR count). The van der Waals surface area contributed by atoms with Crippen molar-refractivity contribution in [3.05, 3.63) is 29.6 Å². The average Bonchev–Trinajstić information content (AvgIpc) is 2.87. The van der Waals surface area contributed by atoms with Gasteiger partial charge in [0.2, 0.25) is 0 Å². The Balaban J connectivity index is 2.38. The zero-order valence-electron chi connectivity index (χ0n) is 6.71. The standard InChI is InChI=1S/C9H9FO2/c1-11-8-4-6(10)2-3-7(8)9-5-12-9/h2-4,9H,5H2,1H3. The van der Waals surface area contributed by atoms with Crippen molar-refractivity contribution in [2.24, 2.45) is 0 Å². The first-order chi connectivity index (χ1) is 5.81. The van der Waals surface area contributed by atoms with Gasteiger partial charge in [-0.1, -0.05) is 0 Å². The molecule has 3 heteroatoms. The summed E-state index contributed by atoms with van der Waals surface area (Å²) in [6.45, 7) is 0.710. The topological polar surface area (TPSA) is 21.8 Å². The third kappa shape index (κ3) is 1.28. The van der Waals surface area contributed by atoms with Crippen molar-refractivity contribution >= 4 is 0 Å². The summed E-state index contributed by atoms with van der Waals surface area (Å²) in [7, 11) is 1.53. The predicted octanol–water partition coefficient (Wildman–Crippen LogP) is 1.91. The predicted molar refractivity (Wildman–Crippen MR) is 41.6 cm³/mol. The summed E-state index contributed by atoms with van der Waals surface area (Å²) in [5.41, 5.74) is 0.930. The van der Waals surface area contributed by atoms with Crippen molar-refractivity contribution in [2.75, 3.05) is 13.7 Å². The summed E-state index contributed by atoms with van der Waals surface area (Å²) in [6, 6.07) is 4.49. The van der Waals surface area contributed by atoms with Gasteiger partial charge in [0.15, 0.2) is 0 Å². The molecule has 0 spiro atoms. The summed E-state index contributed by atoms with van der Waals surface area (Å²) in [5.74, 6) is 0.286. The zero-order valence-corrected chi connectivity index (χ0v) is 6.71. The molecule has 1 aromatic carbocycles. The van der Waals surface area contributed by atoms with Crippen LogP contribution in [0.5, 0.6) is 5.75 Å². The Morgan fingerprint density at radius 1 is 1.58 bits per heavy atom. The third-order valence-corrected chi connectivity index (χ3v) is 1.88. The molecule has 1 aliphatic rings. The number of hydrogen-bond donors (Lipinski definition) is 0. The largest absolute Gasteiger partial charge is 0.496 e. The van der Waals surface area contributed by atoms with Gasteiger partial charge in [0.1, 0.15) is 17.7 Å². The molecular weight excluding hydrogens is 159 g/mol. The lowest BCUT2D eigenvalue weighted by molar-refractivity contribution is 0.381. The fraction of sp³-hybridized carbons (Fsp3) is 0.333. The molecule has 2 nitrogen and oxygen atoms in total. The minimum absolute atomic E-state index is 0.112. The van der Waals surface area contributed by atoms with E-state index in [-0.39, 0.29) is 11.9 Å². The lowest BCUT2D eigenvalue weighted by atomic mass is 10.1. The van der Waals surface area contributed by atoms with E-state index in [9.17, 15) is 4.39 Å². The first-order valence-electron chi connectivity index (χ1n) is 3.76. The van der Waals surface area contributed by atoms with Crippen molar-refractivity contribution in [3.8, 4) is 5.75 Å². The Kier molecular flexibility index (Phi) is 1.73. The molecule has 64 valence electrons. The monoisotopic (exact) mass is 168 g/mol. The molecule has 0 amide bonds. The van der Waals surface area contributed by atoms with Crippen molar-refractivity contribution in [1.82, 2.24) is 0 Å². The van der Waals surface area contributed by atoms with E-state index < -0.39 is 0 Å². The SMILES string of the molecule is COc1cc(F)ccc1C1CO1. The number of halogens is 1.